The topological polar surface area (TPSA) is 82.1 Å². The van der Waals surface area contributed by atoms with E-state index in [4.69, 9.17) is 0 Å². The fourth-order valence-electron chi connectivity index (χ4n) is 0.509. The fourth-order valence-corrected chi connectivity index (χ4v) is 1.76. The van der Waals surface area contributed by atoms with Gasteiger partial charge in [-0.15, -0.1) is 11.3 Å². The molecule has 0 saturated heterocycles. The molecule has 0 aromatic carbocycles. The zero-order valence-electron chi connectivity index (χ0n) is 6.57. The Morgan fingerprint density at radius 3 is 2.58 bits per heavy atom. The van der Waals surface area contributed by atoms with Gasteiger partial charge in [-0.05, 0) is 6.92 Å². The normalized spacial score (nSPS) is 10.5. The minimum Gasteiger partial charge on any atom is -0.731 e. The van der Waals surface area contributed by atoms with Gasteiger partial charge in [0.05, 0.1) is 0 Å². The number of hydrogen-bond acceptors (Lipinski definition) is 5. The summed E-state index contributed by atoms with van der Waals surface area (Å²) in [6.45, 7) is 1.76. The molecule has 0 spiro atoms. The molecule has 0 bridgehead atoms. The first-order chi connectivity index (χ1) is 4.97. The van der Waals surface area contributed by atoms with E-state index in [2.05, 4.69) is 4.98 Å². The van der Waals surface area contributed by atoms with Crippen LogP contribution >= 0.6 is 11.3 Å². The van der Waals surface area contributed by atoms with Gasteiger partial charge >= 0.3 is 29.6 Å². The van der Waals surface area contributed by atoms with Gasteiger partial charge in [0.25, 0.3) is 0 Å². The molecule has 0 aliphatic rings. The smallest absolute Gasteiger partial charge is 0.731 e. The molecule has 1 aromatic heterocycles. The van der Waals surface area contributed by atoms with E-state index in [1.165, 1.54) is 6.20 Å². The molecule has 1 N–H and O–H groups in total. The number of aromatic nitrogens is 1. The summed E-state index contributed by atoms with van der Waals surface area (Å²) in [5, 5.41) is 0.109. The first-order valence-electron chi connectivity index (χ1n) is 2.63. The van der Waals surface area contributed by atoms with E-state index >= 15 is 0 Å². The second kappa shape index (κ2) is 4.54. The summed E-state index contributed by atoms with van der Waals surface area (Å²) in [6, 6.07) is 0. The maximum atomic E-state index is 10.1. The second-order valence-electron chi connectivity index (χ2n) is 1.83. The van der Waals surface area contributed by atoms with Crippen molar-refractivity contribution in [2.24, 2.45) is 0 Å². The molecule has 0 aliphatic carbocycles. The third kappa shape index (κ3) is 4.39. The average Bonchev–Trinajstić information content (AvgIpc) is 2.10. The first kappa shape index (κ1) is 12.3. The van der Waals surface area contributed by atoms with E-state index < -0.39 is 10.3 Å². The van der Waals surface area contributed by atoms with Crippen LogP contribution in [0.1, 0.15) is 4.88 Å². The Labute approximate surface area is 96.4 Å². The van der Waals surface area contributed by atoms with Crippen LogP contribution in [-0.2, 0) is 10.3 Å². The molecule has 0 atom stereocenters. The Morgan fingerprint density at radius 1 is 1.67 bits per heavy atom. The zero-order valence-corrected chi connectivity index (χ0v) is 10.2. The number of aryl methyl sites for hydroxylation is 1. The summed E-state index contributed by atoms with van der Waals surface area (Å²) >= 11 is 1.11. The van der Waals surface area contributed by atoms with Gasteiger partial charge in [-0.1, -0.05) is 0 Å². The molecule has 62 valence electrons. The van der Waals surface area contributed by atoms with Crippen molar-refractivity contribution in [3.63, 3.8) is 0 Å². The average molecular weight is 216 g/mol. The van der Waals surface area contributed by atoms with Gasteiger partial charge in [-0.25, -0.2) is 13.4 Å². The van der Waals surface area contributed by atoms with Crippen molar-refractivity contribution < 1.29 is 42.5 Å². The number of hydrogen-bond donors (Lipinski definition) is 1. The predicted molar refractivity (Wildman–Crippen MR) is 40.2 cm³/mol. The Bertz CT molecular complexity index is 347. The molecule has 0 amide bonds. The molecule has 0 saturated carbocycles. The van der Waals surface area contributed by atoms with Gasteiger partial charge in [0.2, 0.25) is 0 Å². The van der Waals surface area contributed by atoms with Crippen LogP contribution < -0.4 is 34.3 Å². The van der Waals surface area contributed by atoms with Gasteiger partial charge in [0.1, 0.15) is 0 Å². The largest absolute Gasteiger partial charge is 1.00 e. The molecule has 1 rings (SSSR count). The van der Waals surface area contributed by atoms with Crippen molar-refractivity contribution in [3.05, 3.63) is 11.1 Å². The van der Waals surface area contributed by atoms with Crippen LogP contribution in [-0.4, -0.2) is 18.0 Å². The van der Waals surface area contributed by atoms with Gasteiger partial charge in [-0.3, -0.25) is 4.72 Å². The Hall–Kier alpha value is 0.340. The molecular formula is C4H5N2NaO3S2. The number of thiazole rings is 1. The van der Waals surface area contributed by atoms with Crippen LogP contribution in [0.2, 0.25) is 0 Å². The van der Waals surface area contributed by atoms with E-state index in [0.717, 1.165) is 16.2 Å². The van der Waals surface area contributed by atoms with Crippen LogP contribution in [0.3, 0.4) is 0 Å². The van der Waals surface area contributed by atoms with Crippen LogP contribution in [0.5, 0.6) is 0 Å². The van der Waals surface area contributed by atoms with E-state index in [-0.39, 0.29) is 34.7 Å². The molecule has 5 nitrogen and oxygen atoms in total. The van der Waals surface area contributed by atoms with Crippen LogP contribution in [0.15, 0.2) is 6.20 Å². The molecule has 0 unspecified atom stereocenters. The molecule has 0 radical (unpaired) electrons. The first-order valence-corrected chi connectivity index (χ1v) is 4.86. The van der Waals surface area contributed by atoms with E-state index in [1.807, 2.05) is 0 Å². The molecule has 8 heteroatoms. The molecular weight excluding hydrogens is 211 g/mol. The predicted octanol–water partition coefficient (Wildman–Crippen LogP) is -2.67. The fraction of sp³-hybridized carbons (Fsp3) is 0.250. The number of nitrogens with one attached hydrogen (secondary N) is 1. The standard InChI is InChI=1S/C4H6N2O3S2.Na/c1-3-2-5-4(10-3)6-11(7,8)9;/h2H,1H3,(H,5,6)(H,7,8,9);/q;+1/p-1. The summed E-state index contributed by atoms with van der Waals surface area (Å²) in [6.07, 6.45) is 1.48. The summed E-state index contributed by atoms with van der Waals surface area (Å²) in [7, 11) is -4.42. The molecule has 12 heavy (non-hydrogen) atoms. The second-order valence-corrected chi connectivity index (χ2v) is 4.18. The van der Waals surface area contributed by atoms with Crippen molar-refractivity contribution in [1.29, 1.82) is 0 Å². The van der Waals surface area contributed by atoms with Crippen LogP contribution in [0, 0.1) is 6.92 Å². The maximum absolute atomic E-state index is 10.1. The number of rotatable bonds is 2. The minimum absolute atomic E-state index is 0. The van der Waals surface area contributed by atoms with Crippen molar-refractivity contribution in [2.45, 2.75) is 6.92 Å². The minimum atomic E-state index is -4.42. The molecule has 0 aliphatic heterocycles. The van der Waals surface area contributed by atoms with Gasteiger partial charge < -0.3 is 4.55 Å². The Morgan fingerprint density at radius 2 is 2.25 bits per heavy atom. The van der Waals surface area contributed by atoms with Crippen molar-refractivity contribution in [2.75, 3.05) is 4.72 Å². The van der Waals surface area contributed by atoms with E-state index in [1.54, 1.807) is 11.6 Å². The zero-order chi connectivity index (χ0) is 8.48. The summed E-state index contributed by atoms with van der Waals surface area (Å²) in [5.74, 6) is 0. The van der Waals surface area contributed by atoms with Crippen molar-refractivity contribution >= 4 is 26.8 Å². The van der Waals surface area contributed by atoms with Gasteiger partial charge in [0, 0.05) is 11.1 Å². The molecule has 0 fully saturated rings. The molecule has 1 aromatic rings. The number of nitrogens with zero attached hydrogens (tertiary/aromatic N) is 1. The number of anilines is 1. The van der Waals surface area contributed by atoms with Crippen molar-refractivity contribution in [3.8, 4) is 0 Å². The third-order valence-electron chi connectivity index (χ3n) is 0.834. The summed E-state index contributed by atoms with van der Waals surface area (Å²) in [4.78, 5) is 4.47. The van der Waals surface area contributed by atoms with Crippen LogP contribution in [0.4, 0.5) is 5.13 Å². The third-order valence-corrected chi connectivity index (χ3v) is 2.23. The monoisotopic (exact) mass is 216 g/mol. The van der Waals surface area contributed by atoms with Crippen molar-refractivity contribution in [1.82, 2.24) is 4.98 Å². The van der Waals surface area contributed by atoms with E-state index in [0.29, 0.717) is 0 Å². The quantitative estimate of drug-likeness (QED) is 0.431. The van der Waals surface area contributed by atoms with Gasteiger partial charge in [0.15, 0.2) is 15.4 Å². The summed E-state index contributed by atoms with van der Waals surface area (Å²) in [5.41, 5.74) is 0. The Balaban J connectivity index is 0.00000121. The maximum Gasteiger partial charge on any atom is 1.00 e. The van der Waals surface area contributed by atoms with Gasteiger partial charge in [-0.2, -0.15) is 0 Å². The van der Waals surface area contributed by atoms with Crippen LogP contribution in [0.25, 0.3) is 0 Å². The van der Waals surface area contributed by atoms with E-state index in [9.17, 15) is 13.0 Å². The summed E-state index contributed by atoms with van der Waals surface area (Å²) < 4.78 is 32.1. The Kier molecular flexibility index (Phi) is 4.67. The molecule has 1 heterocycles. The SMILES string of the molecule is Cc1cnc(NS(=O)(=O)[O-])s1.[Na+].